The Balaban J connectivity index is 1.36. The molecule has 0 amide bonds. The van der Waals surface area contributed by atoms with Crippen LogP contribution in [0.2, 0.25) is 0 Å². The standard InChI is InChI=1S/C14H14N.C14H22P.Pd/c1-15(2)14-11-7-6-10-13(14)12-8-4-3-5-9-12;1-3-11-5-9(1)7-13(11)15-14-8-10-2-4-12(14)6-10;/h3-8,10-11H,1-2H3;9-14H,1-8H2;/q;-1;+1. The van der Waals surface area contributed by atoms with Gasteiger partial charge in [0.2, 0.25) is 0 Å². The van der Waals surface area contributed by atoms with E-state index in [0.29, 0.717) is 0 Å². The molecule has 3 heteroatoms. The van der Waals surface area contributed by atoms with Crippen LogP contribution in [-0.2, 0) is 17.5 Å². The van der Waals surface area contributed by atoms with Crippen molar-refractivity contribution >= 4 is 15.8 Å². The van der Waals surface area contributed by atoms with Crippen LogP contribution >= 0.6 is 6.11 Å². The zero-order chi connectivity index (χ0) is 20.9. The molecule has 31 heavy (non-hydrogen) atoms. The van der Waals surface area contributed by atoms with Gasteiger partial charge in [-0.25, -0.2) is 0 Å². The Kier molecular flexibility index (Phi) is 5.80. The first kappa shape index (κ1) is 20.9. The van der Waals surface area contributed by atoms with E-state index in [-0.39, 0.29) is 6.11 Å². The van der Waals surface area contributed by atoms with E-state index in [1.807, 2.05) is 0 Å². The number of hydrogen-bond donors (Lipinski definition) is 0. The van der Waals surface area contributed by atoms with Crippen molar-refractivity contribution in [2.75, 3.05) is 19.0 Å². The molecule has 6 unspecified atom stereocenters. The second-order valence-corrected chi connectivity index (χ2v) is 17.1. The van der Waals surface area contributed by atoms with Gasteiger partial charge in [0, 0.05) is 0 Å². The van der Waals surface area contributed by atoms with Crippen molar-refractivity contribution in [3.8, 4) is 11.1 Å². The first-order valence-electron chi connectivity index (χ1n) is 12.4. The van der Waals surface area contributed by atoms with Crippen molar-refractivity contribution in [1.29, 1.82) is 0 Å². The average molecular weight is 524 g/mol. The summed E-state index contributed by atoms with van der Waals surface area (Å²) in [5.74, 6) is 4.32. The van der Waals surface area contributed by atoms with Crippen LogP contribution in [0.5, 0.6) is 0 Å². The van der Waals surface area contributed by atoms with Gasteiger partial charge in [-0.05, 0) is 0 Å². The Morgan fingerprint density at radius 1 is 0.710 bits per heavy atom. The molecule has 168 valence electrons. The molecule has 4 saturated carbocycles. The van der Waals surface area contributed by atoms with Gasteiger partial charge < -0.3 is 0 Å². The fourth-order valence-corrected chi connectivity index (χ4v) is 17.7. The van der Waals surface area contributed by atoms with Gasteiger partial charge in [0.1, 0.15) is 0 Å². The molecule has 0 spiro atoms. The Labute approximate surface area is 197 Å². The summed E-state index contributed by atoms with van der Waals surface area (Å²) in [6.07, 6.45) is 12.6. The van der Waals surface area contributed by atoms with Crippen molar-refractivity contribution in [1.82, 2.24) is 0 Å². The van der Waals surface area contributed by atoms with Crippen molar-refractivity contribution in [3.63, 3.8) is 0 Å². The van der Waals surface area contributed by atoms with Gasteiger partial charge in [0.15, 0.2) is 0 Å². The van der Waals surface area contributed by atoms with Gasteiger partial charge >= 0.3 is 198 Å². The number of nitrogens with zero attached hydrogens (tertiary/aromatic N) is 1. The molecular formula is C28H36NPPd. The summed E-state index contributed by atoms with van der Waals surface area (Å²) >= 11 is 0.782. The van der Waals surface area contributed by atoms with E-state index in [2.05, 4.69) is 67.5 Å². The third-order valence-corrected chi connectivity index (χ3v) is 17.5. The number of hydrogen-bond acceptors (Lipinski definition) is 1. The van der Waals surface area contributed by atoms with Crippen LogP contribution < -0.4 is 8.94 Å². The molecule has 4 aliphatic rings. The van der Waals surface area contributed by atoms with Gasteiger partial charge in [-0.1, -0.05) is 0 Å². The van der Waals surface area contributed by atoms with Gasteiger partial charge in [-0.15, -0.1) is 0 Å². The number of anilines is 1. The Hall–Kier alpha value is -0.668. The Morgan fingerprint density at radius 2 is 1.29 bits per heavy atom. The summed E-state index contributed by atoms with van der Waals surface area (Å²) in [5.41, 5.74) is 6.47. The van der Waals surface area contributed by atoms with Crippen LogP contribution in [0, 0.1) is 23.7 Å². The molecule has 2 aromatic carbocycles. The van der Waals surface area contributed by atoms with Gasteiger partial charge in [-0.3, -0.25) is 0 Å². The second kappa shape index (κ2) is 8.60. The molecule has 0 aliphatic heterocycles. The van der Waals surface area contributed by atoms with Crippen molar-refractivity contribution in [2.45, 2.75) is 62.7 Å². The average Bonchev–Trinajstić information content (AvgIpc) is 3.59. The molecule has 0 saturated heterocycles. The van der Waals surface area contributed by atoms with Gasteiger partial charge in [0.05, 0.1) is 0 Å². The van der Waals surface area contributed by atoms with Crippen LogP contribution in [0.25, 0.3) is 11.1 Å². The maximum atomic E-state index is 2.49. The van der Waals surface area contributed by atoms with Crippen molar-refractivity contribution in [3.05, 3.63) is 48.5 Å². The van der Waals surface area contributed by atoms with Gasteiger partial charge in [0.25, 0.3) is 0 Å². The fourth-order valence-electron chi connectivity index (χ4n) is 7.24. The minimum absolute atomic E-state index is 0.136. The molecular weight excluding hydrogens is 488 g/mol. The summed E-state index contributed by atoms with van der Waals surface area (Å²) < 4.78 is 1.68. The molecule has 4 fully saturated rings. The summed E-state index contributed by atoms with van der Waals surface area (Å²) in [5, 5.41) is 0. The third kappa shape index (κ3) is 3.86. The van der Waals surface area contributed by atoms with Gasteiger partial charge in [-0.2, -0.15) is 0 Å². The molecule has 0 N–H and O–H groups in total. The van der Waals surface area contributed by atoms with Crippen molar-refractivity contribution < 1.29 is 17.5 Å². The van der Waals surface area contributed by atoms with E-state index in [9.17, 15) is 0 Å². The minimum atomic E-state index is 0.136. The van der Waals surface area contributed by atoms with Crippen molar-refractivity contribution in [2.24, 2.45) is 23.7 Å². The maximum absolute atomic E-state index is 2.49. The monoisotopic (exact) mass is 523 g/mol. The number of benzene rings is 2. The normalized spacial score (nSPS) is 34.5. The van der Waals surface area contributed by atoms with E-state index >= 15 is 0 Å². The van der Waals surface area contributed by atoms with Crippen LogP contribution in [0.4, 0.5) is 5.69 Å². The van der Waals surface area contributed by atoms with E-state index in [4.69, 9.17) is 0 Å². The summed E-state index contributed by atoms with van der Waals surface area (Å²) in [6, 6.07) is 18.5. The second-order valence-electron chi connectivity index (χ2n) is 10.7. The van der Waals surface area contributed by atoms with Crippen LogP contribution in [0.1, 0.15) is 51.4 Å². The van der Waals surface area contributed by atoms with Crippen LogP contribution in [0.3, 0.4) is 0 Å². The molecule has 1 nitrogen and oxygen atoms in total. The summed E-state index contributed by atoms with van der Waals surface area (Å²) in [7, 11) is 4.37. The number of rotatable bonds is 6. The predicted molar refractivity (Wildman–Crippen MR) is 131 cm³/mol. The molecule has 0 radical (unpaired) electrons. The molecule has 2 aromatic rings. The first-order valence-corrected chi connectivity index (χ1v) is 16.6. The molecule has 6 atom stereocenters. The number of para-hydroxylation sites is 1. The van der Waals surface area contributed by atoms with Crippen LogP contribution in [0.15, 0.2) is 48.5 Å². The molecule has 4 bridgehead atoms. The predicted octanol–water partition coefficient (Wildman–Crippen LogP) is 6.90. The molecule has 0 aromatic heterocycles. The summed E-state index contributed by atoms with van der Waals surface area (Å²) in [4.78, 5) is 2.28. The van der Waals surface area contributed by atoms with E-state index in [0.717, 1.165) is 52.5 Å². The topological polar surface area (TPSA) is 3.24 Å². The Morgan fingerprint density at radius 3 is 1.84 bits per heavy atom. The summed E-state index contributed by atoms with van der Waals surface area (Å²) in [6.45, 7) is 0. The van der Waals surface area contributed by atoms with Crippen LogP contribution in [-0.4, -0.2) is 25.4 Å². The molecule has 6 rings (SSSR count). The quantitative estimate of drug-likeness (QED) is 0.294. The zero-order valence-corrected chi connectivity index (χ0v) is 21.4. The molecule has 4 aliphatic carbocycles. The molecule has 0 heterocycles. The van der Waals surface area contributed by atoms with E-state index < -0.39 is 0 Å². The first-order chi connectivity index (χ1) is 15.2. The SMILES string of the molecule is CN(C)c1ccccc1-c1cccc[c]1[Pd][P](C1CC2CCC1C2)C1CC2CCC1C2. The number of fused-ring (bicyclic) bond motifs is 4. The Bertz CT molecular complexity index is 914. The fraction of sp³-hybridized carbons (Fsp3) is 0.571. The zero-order valence-electron chi connectivity index (χ0n) is 19.0. The third-order valence-electron chi connectivity index (χ3n) is 8.68. The van der Waals surface area contributed by atoms with E-state index in [1.54, 1.807) is 55.4 Å². The van der Waals surface area contributed by atoms with E-state index in [1.165, 1.54) is 16.8 Å².